The van der Waals surface area contributed by atoms with Gasteiger partial charge in [0.2, 0.25) is 0 Å². The van der Waals surface area contributed by atoms with Crippen molar-refractivity contribution in [1.29, 1.82) is 0 Å². The topological polar surface area (TPSA) is 52.0 Å². The van der Waals surface area contributed by atoms with Crippen molar-refractivity contribution in [2.75, 3.05) is 11.5 Å². The Labute approximate surface area is 159 Å². The van der Waals surface area contributed by atoms with Crippen LogP contribution in [-0.2, 0) is 23.3 Å². The summed E-state index contributed by atoms with van der Waals surface area (Å²) in [5.74, 6) is -2.39. The van der Waals surface area contributed by atoms with Gasteiger partial charge in [-0.1, -0.05) is 17.7 Å². The van der Waals surface area contributed by atoms with Gasteiger partial charge in [0.15, 0.2) is 9.84 Å². The van der Waals surface area contributed by atoms with Crippen LogP contribution in [0.4, 0.5) is 13.2 Å². The highest BCUT2D eigenvalue weighted by atomic mass is 35.5. The number of hydrogen-bond acceptors (Lipinski definition) is 3. The second-order valence-electron chi connectivity index (χ2n) is 6.33. The first-order chi connectivity index (χ1) is 12.5. The Kier molecular flexibility index (Phi) is 5.22. The average molecular weight is 417 g/mol. The third kappa shape index (κ3) is 4.81. The maximum absolute atomic E-state index is 12.3. The van der Waals surface area contributed by atoms with Gasteiger partial charge >= 0.3 is 6.18 Å². The van der Waals surface area contributed by atoms with E-state index in [9.17, 15) is 21.6 Å². The van der Waals surface area contributed by atoms with Crippen molar-refractivity contribution in [3.05, 3.63) is 53.3 Å². The molecule has 3 rings (SSSR count). The first-order valence-corrected chi connectivity index (χ1v) is 10.2. The molecule has 9 heteroatoms. The summed E-state index contributed by atoms with van der Waals surface area (Å²) in [5, 5.41) is 1.59. The Morgan fingerprint density at radius 3 is 2.59 bits per heavy atom. The molecule has 0 saturated carbocycles. The highest BCUT2D eigenvalue weighted by Gasteiger charge is 2.34. The molecule has 4 nitrogen and oxygen atoms in total. The van der Waals surface area contributed by atoms with Gasteiger partial charge in [-0.2, -0.15) is 13.2 Å². The van der Waals surface area contributed by atoms with Crippen LogP contribution in [0.15, 0.2) is 42.7 Å². The first-order valence-electron chi connectivity index (χ1n) is 8.00. The molecule has 1 aromatic carbocycles. The molecule has 0 atom stereocenters. The van der Waals surface area contributed by atoms with Crippen LogP contribution in [0.25, 0.3) is 22.2 Å². The second kappa shape index (κ2) is 7.16. The lowest BCUT2D eigenvalue weighted by Gasteiger charge is -2.09. The maximum atomic E-state index is 12.3. The van der Waals surface area contributed by atoms with Gasteiger partial charge in [0.05, 0.1) is 11.4 Å². The number of nitrogens with zero attached hydrogens (tertiary/aromatic N) is 2. The fourth-order valence-electron chi connectivity index (χ4n) is 2.94. The summed E-state index contributed by atoms with van der Waals surface area (Å²) in [6.45, 7) is 0. The lowest BCUT2D eigenvalue weighted by molar-refractivity contribution is -0.106. The van der Waals surface area contributed by atoms with Crippen molar-refractivity contribution in [3.8, 4) is 11.3 Å². The van der Waals surface area contributed by atoms with Crippen molar-refractivity contribution in [3.63, 3.8) is 0 Å². The van der Waals surface area contributed by atoms with Crippen molar-refractivity contribution in [1.82, 2.24) is 9.55 Å². The molecule has 0 saturated heterocycles. The predicted molar refractivity (Wildman–Crippen MR) is 99.6 cm³/mol. The van der Waals surface area contributed by atoms with Crippen LogP contribution in [0, 0.1) is 0 Å². The molecule has 0 radical (unpaired) electrons. The van der Waals surface area contributed by atoms with Gasteiger partial charge in [0.25, 0.3) is 0 Å². The minimum atomic E-state index is -4.73. The zero-order chi connectivity index (χ0) is 19.8. The van der Waals surface area contributed by atoms with E-state index in [2.05, 4.69) is 4.98 Å². The van der Waals surface area contributed by atoms with Gasteiger partial charge in [0, 0.05) is 40.9 Å². The number of alkyl halides is 3. The standard InChI is InChI=1S/C18H16ClF3N2O2S/c1-24-16(7-13-2-3-15(19)8-17(13)24)14-6-12(9-23-10-14)4-5-27(25,26)11-18(20,21)22/h2-3,6-10H,4-5,11H2,1H3. The first kappa shape index (κ1) is 19.7. The van der Waals surface area contributed by atoms with E-state index in [4.69, 9.17) is 11.6 Å². The minimum Gasteiger partial charge on any atom is -0.344 e. The van der Waals surface area contributed by atoms with Gasteiger partial charge in [-0.05, 0) is 36.2 Å². The molecular formula is C18H16ClF3N2O2S. The summed E-state index contributed by atoms with van der Waals surface area (Å²) in [6, 6.07) is 9.20. The van der Waals surface area contributed by atoms with Crippen LogP contribution in [0.1, 0.15) is 5.56 Å². The molecule has 2 heterocycles. The van der Waals surface area contributed by atoms with Gasteiger partial charge in [-0.3, -0.25) is 4.98 Å². The number of aromatic nitrogens is 2. The smallest absolute Gasteiger partial charge is 0.344 e. The third-order valence-corrected chi connectivity index (χ3v) is 6.01. The molecule has 0 N–H and O–H groups in total. The summed E-state index contributed by atoms with van der Waals surface area (Å²) in [7, 11) is -2.35. The van der Waals surface area contributed by atoms with E-state index in [-0.39, 0.29) is 6.42 Å². The highest BCUT2D eigenvalue weighted by molar-refractivity contribution is 7.91. The zero-order valence-corrected chi connectivity index (χ0v) is 15.9. The number of hydrogen-bond donors (Lipinski definition) is 0. The number of sulfone groups is 1. The van der Waals surface area contributed by atoms with E-state index < -0.39 is 27.5 Å². The zero-order valence-electron chi connectivity index (χ0n) is 14.3. The van der Waals surface area contributed by atoms with E-state index in [1.54, 1.807) is 18.3 Å². The van der Waals surface area contributed by atoms with Crippen LogP contribution in [-0.4, -0.2) is 35.7 Å². The normalized spacial score (nSPS) is 12.6. The molecule has 2 aromatic heterocycles. The number of pyridine rings is 1. The molecule has 0 aliphatic rings. The van der Waals surface area contributed by atoms with E-state index >= 15 is 0 Å². The van der Waals surface area contributed by atoms with E-state index in [0.717, 1.165) is 22.2 Å². The number of aryl methyl sites for hydroxylation is 2. The van der Waals surface area contributed by atoms with Gasteiger partial charge < -0.3 is 4.57 Å². The van der Waals surface area contributed by atoms with E-state index in [1.807, 2.05) is 29.8 Å². The fourth-order valence-corrected chi connectivity index (χ4v) is 4.30. The Bertz CT molecular complexity index is 1090. The molecule has 0 aliphatic carbocycles. The maximum Gasteiger partial charge on any atom is 0.402 e. The number of halogens is 4. The highest BCUT2D eigenvalue weighted by Crippen LogP contribution is 2.29. The lowest BCUT2D eigenvalue weighted by Crippen LogP contribution is -2.25. The van der Waals surface area contributed by atoms with Crippen LogP contribution in [0.3, 0.4) is 0 Å². The molecule has 3 aromatic rings. The number of benzene rings is 1. The molecule has 0 unspecified atom stereocenters. The summed E-state index contributed by atoms with van der Waals surface area (Å²) in [4.78, 5) is 4.11. The summed E-state index contributed by atoms with van der Waals surface area (Å²) in [5.41, 5.74) is 3.08. The molecule has 0 aliphatic heterocycles. The Morgan fingerprint density at radius 2 is 1.89 bits per heavy atom. The molecule has 0 amide bonds. The van der Waals surface area contributed by atoms with E-state index in [1.165, 1.54) is 6.20 Å². The SMILES string of the molecule is Cn1c(-c2cncc(CCS(=O)(=O)CC(F)(F)F)c2)cc2ccc(Cl)cc21. The molecule has 144 valence electrons. The largest absolute Gasteiger partial charge is 0.402 e. The van der Waals surface area contributed by atoms with Crippen LogP contribution < -0.4 is 0 Å². The van der Waals surface area contributed by atoms with Gasteiger partial charge in [0.1, 0.15) is 5.75 Å². The predicted octanol–water partition coefficient (Wildman–Crippen LogP) is 4.41. The monoisotopic (exact) mass is 416 g/mol. The van der Waals surface area contributed by atoms with Crippen molar-refractivity contribution < 1.29 is 21.6 Å². The van der Waals surface area contributed by atoms with Crippen molar-refractivity contribution >= 4 is 32.3 Å². The number of rotatable bonds is 5. The lowest BCUT2D eigenvalue weighted by atomic mass is 10.1. The van der Waals surface area contributed by atoms with Crippen molar-refractivity contribution in [2.24, 2.45) is 7.05 Å². The van der Waals surface area contributed by atoms with Crippen LogP contribution in [0.5, 0.6) is 0 Å². The molecule has 0 fully saturated rings. The summed E-state index contributed by atoms with van der Waals surface area (Å²) >= 11 is 6.04. The summed E-state index contributed by atoms with van der Waals surface area (Å²) < 4.78 is 62.2. The molecular weight excluding hydrogens is 401 g/mol. The minimum absolute atomic E-state index is 0.0327. The Balaban J connectivity index is 1.85. The third-order valence-electron chi connectivity index (χ3n) is 4.18. The quantitative estimate of drug-likeness (QED) is 0.619. The summed E-state index contributed by atoms with van der Waals surface area (Å²) in [6.07, 6.45) is -1.67. The van der Waals surface area contributed by atoms with Gasteiger partial charge in [-0.25, -0.2) is 8.42 Å². The Morgan fingerprint density at radius 1 is 1.15 bits per heavy atom. The average Bonchev–Trinajstić information content (AvgIpc) is 2.88. The van der Waals surface area contributed by atoms with E-state index in [0.29, 0.717) is 10.6 Å². The van der Waals surface area contributed by atoms with Gasteiger partial charge in [-0.15, -0.1) is 0 Å². The molecule has 0 spiro atoms. The van der Waals surface area contributed by atoms with Crippen LogP contribution >= 0.6 is 11.6 Å². The molecule has 27 heavy (non-hydrogen) atoms. The fraction of sp³-hybridized carbons (Fsp3) is 0.278. The second-order valence-corrected chi connectivity index (χ2v) is 8.95. The number of fused-ring (bicyclic) bond motifs is 1. The molecule has 0 bridgehead atoms. The van der Waals surface area contributed by atoms with Crippen LogP contribution in [0.2, 0.25) is 5.02 Å². The van der Waals surface area contributed by atoms with Crippen molar-refractivity contribution in [2.45, 2.75) is 12.6 Å². The Hall–Kier alpha value is -2.06.